The van der Waals surface area contributed by atoms with Gasteiger partial charge in [-0.1, -0.05) is 5.16 Å². The summed E-state index contributed by atoms with van der Waals surface area (Å²) >= 11 is 0. The molecule has 2 heterocycles. The van der Waals surface area contributed by atoms with Crippen LogP contribution >= 0.6 is 0 Å². The van der Waals surface area contributed by atoms with E-state index in [-0.39, 0.29) is 17.7 Å². The Kier molecular flexibility index (Phi) is 3.77. The fraction of sp³-hybridized carbons (Fsp3) is 0.750. The number of carbonyl (C=O) groups is 1. The van der Waals surface area contributed by atoms with Gasteiger partial charge in [-0.2, -0.15) is 4.98 Å². The summed E-state index contributed by atoms with van der Waals surface area (Å²) in [5.74, 6) is 0.809. The molecule has 0 saturated carbocycles. The molecule has 1 saturated heterocycles. The van der Waals surface area contributed by atoms with Crippen molar-refractivity contribution in [2.75, 3.05) is 33.7 Å². The van der Waals surface area contributed by atoms with Crippen LogP contribution in [0.2, 0.25) is 0 Å². The molecule has 2 rings (SSSR count). The molecular formula is C12H20N4O2. The smallest absolute Gasteiger partial charge is 0.236 e. The molecule has 6 nitrogen and oxygen atoms in total. The van der Waals surface area contributed by atoms with Gasteiger partial charge in [0.2, 0.25) is 5.89 Å². The zero-order chi connectivity index (χ0) is 13.3. The van der Waals surface area contributed by atoms with E-state index in [1.807, 2.05) is 0 Å². The molecule has 0 aromatic carbocycles. The second kappa shape index (κ2) is 5.16. The maximum absolute atomic E-state index is 11.3. The van der Waals surface area contributed by atoms with E-state index in [4.69, 9.17) is 4.52 Å². The van der Waals surface area contributed by atoms with Crippen molar-refractivity contribution in [2.45, 2.75) is 25.8 Å². The molecule has 0 aliphatic carbocycles. The first kappa shape index (κ1) is 13.2. The summed E-state index contributed by atoms with van der Waals surface area (Å²) < 4.78 is 5.20. The molecular weight excluding hydrogens is 232 g/mol. The van der Waals surface area contributed by atoms with E-state index in [1.54, 1.807) is 6.92 Å². The number of Topliss-reactive ketones (excluding diaryl/α,β-unsaturated/α-hetero) is 1. The fourth-order valence-corrected chi connectivity index (χ4v) is 2.02. The van der Waals surface area contributed by atoms with Gasteiger partial charge >= 0.3 is 0 Å². The van der Waals surface area contributed by atoms with E-state index in [0.29, 0.717) is 11.7 Å². The molecule has 1 aliphatic rings. The van der Waals surface area contributed by atoms with Gasteiger partial charge in [-0.05, 0) is 27.9 Å². The van der Waals surface area contributed by atoms with Crippen LogP contribution in [-0.2, 0) is 4.79 Å². The van der Waals surface area contributed by atoms with Crippen LogP contribution in [0.5, 0.6) is 0 Å². The Morgan fingerprint density at radius 2 is 2.17 bits per heavy atom. The molecule has 1 aromatic rings. The second-order valence-corrected chi connectivity index (χ2v) is 5.08. The van der Waals surface area contributed by atoms with Crippen molar-refractivity contribution in [2.24, 2.45) is 0 Å². The number of likely N-dealkylation sites (N-methyl/N-ethyl adjacent to an activating group) is 2. The van der Waals surface area contributed by atoms with Crippen molar-refractivity contribution in [1.29, 1.82) is 0 Å². The van der Waals surface area contributed by atoms with Crippen LogP contribution in [-0.4, -0.2) is 59.5 Å². The molecule has 6 heteroatoms. The van der Waals surface area contributed by atoms with Crippen LogP contribution < -0.4 is 0 Å². The lowest BCUT2D eigenvalue weighted by molar-refractivity contribution is -0.118. The highest BCUT2D eigenvalue weighted by molar-refractivity contribution is 5.81. The van der Waals surface area contributed by atoms with Gasteiger partial charge in [0.05, 0.1) is 12.0 Å². The Bertz CT molecular complexity index is 431. The van der Waals surface area contributed by atoms with E-state index >= 15 is 0 Å². The number of hydrogen-bond acceptors (Lipinski definition) is 6. The van der Waals surface area contributed by atoms with E-state index in [9.17, 15) is 4.79 Å². The topological polar surface area (TPSA) is 62.5 Å². The maximum atomic E-state index is 11.3. The summed E-state index contributed by atoms with van der Waals surface area (Å²) in [6.45, 7) is 6.23. The lowest BCUT2D eigenvalue weighted by Crippen LogP contribution is -2.45. The summed E-state index contributed by atoms with van der Waals surface area (Å²) in [5.41, 5.74) is 0. The largest absolute Gasteiger partial charge is 0.339 e. The van der Waals surface area contributed by atoms with Gasteiger partial charge in [0, 0.05) is 19.6 Å². The van der Waals surface area contributed by atoms with Crippen LogP contribution in [0.25, 0.3) is 0 Å². The molecule has 1 aliphatic heterocycles. The molecule has 18 heavy (non-hydrogen) atoms. The fourth-order valence-electron chi connectivity index (χ4n) is 2.02. The number of nitrogens with zero attached hydrogens (tertiary/aromatic N) is 4. The SMILES string of the molecule is CC(=O)C(C)c1nc(C2CN(C)CCN2C)no1. The molecule has 2 atom stereocenters. The van der Waals surface area contributed by atoms with E-state index in [0.717, 1.165) is 19.6 Å². The highest BCUT2D eigenvalue weighted by atomic mass is 16.5. The van der Waals surface area contributed by atoms with Crippen LogP contribution in [0.3, 0.4) is 0 Å². The summed E-state index contributed by atoms with van der Waals surface area (Å²) in [7, 11) is 4.14. The summed E-state index contributed by atoms with van der Waals surface area (Å²) in [4.78, 5) is 20.1. The Hall–Kier alpha value is -1.27. The lowest BCUT2D eigenvalue weighted by atomic mass is 10.1. The summed E-state index contributed by atoms with van der Waals surface area (Å²) in [6, 6.07) is 0.139. The average molecular weight is 252 g/mol. The van der Waals surface area contributed by atoms with Gasteiger partial charge in [0.25, 0.3) is 0 Å². The highest BCUT2D eigenvalue weighted by Gasteiger charge is 2.29. The first-order chi connectivity index (χ1) is 8.49. The molecule has 1 aromatic heterocycles. The van der Waals surface area contributed by atoms with Gasteiger partial charge in [-0.3, -0.25) is 9.69 Å². The predicted molar refractivity (Wildman–Crippen MR) is 66.3 cm³/mol. The maximum Gasteiger partial charge on any atom is 0.236 e. The molecule has 100 valence electrons. The Morgan fingerprint density at radius 3 is 2.83 bits per heavy atom. The number of piperazine rings is 1. The molecule has 0 amide bonds. The minimum Gasteiger partial charge on any atom is -0.339 e. The first-order valence-electron chi connectivity index (χ1n) is 6.21. The van der Waals surface area contributed by atoms with E-state index in [2.05, 4.69) is 34.0 Å². The summed E-state index contributed by atoms with van der Waals surface area (Å²) in [5, 5.41) is 4.02. The minimum absolute atomic E-state index is 0.0410. The quantitative estimate of drug-likeness (QED) is 0.788. The van der Waals surface area contributed by atoms with Gasteiger partial charge in [0.1, 0.15) is 5.78 Å². The van der Waals surface area contributed by atoms with Crippen LogP contribution in [0.4, 0.5) is 0 Å². The number of aromatic nitrogens is 2. The molecule has 0 bridgehead atoms. The van der Waals surface area contributed by atoms with Crippen LogP contribution in [0, 0.1) is 0 Å². The summed E-state index contributed by atoms with van der Waals surface area (Å²) in [6.07, 6.45) is 0. The number of hydrogen-bond donors (Lipinski definition) is 0. The van der Waals surface area contributed by atoms with Crippen molar-refractivity contribution >= 4 is 5.78 Å². The van der Waals surface area contributed by atoms with Crippen molar-refractivity contribution in [3.8, 4) is 0 Å². The number of ketones is 1. The number of carbonyl (C=O) groups excluding carboxylic acids is 1. The van der Waals surface area contributed by atoms with Crippen molar-refractivity contribution in [1.82, 2.24) is 19.9 Å². The predicted octanol–water partition coefficient (Wildman–Crippen LogP) is 0.680. The third-order valence-electron chi connectivity index (χ3n) is 3.59. The van der Waals surface area contributed by atoms with Gasteiger partial charge < -0.3 is 9.42 Å². The number of rotatable bonds is 3. The minimum atomic E-state index is -0.321. The first-order valence-corrected chi connectivity index (χ1v) is 6.21. The Balaban J connectivity index is 2.16. The third kappa shape index (κ3) is 2.59. The van der Waals surface area contributed by atoms with E-state index < -0.39 is 0 Å². The van der Waals surface area contributed by atoms with Crippen molar-refractivity contribution in [3.63, 3.8) is 0 Å². The Labute approximate surface area is 107 Å². The zero-order valence-corrected chi connectivity index (χ0v) is 11.4. The van der Waals surface area contributed by atoms with Crippen molar-refractivity contribution in [3.05, 3.63) is 11.7 Å². The normalized spacial score (nSPS) is 24.1. The zero-order valence-electron chi connectivity index (χ0n) is 11.4. The molecule has 0 N–H and O–H groups in total. The van der Waals surface area contributed by atoms with Gasteiger partial charge in [-0.15, -0.1) is 0 Å². The lowest BCUT2D eigenvalue weighted by Gasteiger charge is -2.35. The highest BCUT2D eigenvalue weighted by Crippen LogP contribution is 2.23. The molecule has 2 unspecified atom stereocenters. The molecule has 1 fully saturated rings. The van der Waals surface area contributed by atoms with Crippen LogP contribution in [0.15, 0.2) is 4.52 Å². The van der Waals surface area contributed by atoms with E-state index in [1.165, 1.54) is 6.92 Å². The van der Waals surface area contributed by atoms with Crippen molar-refractivity contribution < 1.29 is 9.32 Å². The standard InChI is InChI=1S/C12H20N4O2/c1-8(9(2)17)12-13-11(14-18-12)10-7-15(3)5-6-16(10)4/h8,10H,5-7H2,1-4H3. The average Bonchev–Trinajstić information content (AvgIpc) is 2.80. The second-order valence-electron chi connectivity index (χ2n) is 5.08. The molecule has 0 radical (unpaired) electrons. The third-order valence-corrected chi connectivity index (χ3v) is 3.59. The van der Waals surface area contributed by atoms with Gasteiger partial charge in [-0.25, -0.2) is 0 Å². The molecule has 0 spiro atoms. The van der Waals surface area contributed by atoms with Gasteiger partial charge in [0.15, 0.2) is 5.82 Å². The van der Waals surface area contributed by atoms with Crippen LogP contribution in [0.1, 0.15) is 37.5 Å². The Morgan fingerprint density at radius 1 is 1.44 bits per heavy atom. The monoisotopic (exact) mass is 252 g/mol.